The molecule has 0 spiro atoms. The number of carbonyl (C=O) groups excluding carboxylic acids is 1. The molecule has 0 aliphatic carbocycles. The number of ether oxygens (including phenoxy) is 2. The van der Waals surface area contributed by atoms with Crippen LogP contribution in [0.25, 0.3) is 0 Å². The lowest BCUT2D eigenvalue weighted by Crippen LogP contribution is -2.32. The predicted octanol–water partition coefficient (Wildman–Crippen LogP) is 3.47. The number of likely N-dealkylation sites (tertiary alicyclic amines) is 1. The summed E-state index contributed by atoms with van der Waals surface area (Å²) in [5.41, 5.74) is 0.993. The molecule has 1 aliphatic rings. The summed E-state index contributed by atoms with van der Waals surface area (Å²) in [4.78, 5) is 18.6. The first-order valence-electron chi connectivity index (χ1n) is 8.42. The third kappa shape index (κ3) is 4.95. The number of nitrogens with zero attached hydrogens (tertiary/aromatic N) is 2. The minimum atomic E-state index is -0.00189. The normalized spacial score (nSPS) is 16.7. The molecule has 2 aromatic rings. The van der Waals surface area contributed by atoms with Crippen LogP contribution in [-0.2, 0) is 11.2 Å². The topological polar surface area (TPSA) is 51.7 Å². The summed E-state index contributed by atoms with van der Waals surface area (Å²) < 4.78 is 12.2. The van der Waals surface area contributed by atoms with Gasteiger partial charge in [0.2, 0.25) is 11.8 Å². The average molecular weight is 405 g/mol. The quantitative estimate of drug-likeness (QED) is 0.739. The third-order valence-electron chi connectivity index (χ3n) is 4.08. The molecule has 1 aromatic heterocycles. The van der Waals surface area contributed by atoms with Gasteiger partial charge < -0.3 is 14.4 Å². The minimum absolute atomic E-state index is 0.00189. The van der Waals surface area contributed by atoms with Crippen LogP contribution in [0.5, 0.6) is 11.6 Å². The van der Waals surface area contributed by atoms with Crippen LogP contribution < -0.4 is 9.47 Å². The third-order valence-corrected chi connectivity index (χ3v) is 4.54. The number of hydrogen-bond donors (Lipinski definition) is 0. The Morgan fingerprint density at radius 1 is 1.28 bits per heavy atom. The molecule has 0 N–H and O–H groups in total. The molecule has 2 heterocycles. The molecule has 0 bridgehead atoms. The molecule has 132 valence electrons. The maximum absolute atomic E-state index is 12.5. The van der Waals surface area contributed by atoms with E-state index in [4.69, 9.17) is 9.47 Å². The zero-order valence-corrected chi connectivity index (χ0v) is 15.7. The van der Waals surface area contributed by atoms with E-state index in [-0.39, 0.29) is 12.0 Å². The van der Waals surface area contributed by atoms with Crippen LogP contribution in [0, 0.1) is 0 Å². The second-order valence-electron chi connectivity index (χ2n) is 5.94. The molecule has 1 unspecified atom stereocenters. The van der Waals surface area contributed by atoms with Gasteiger partial charge in [-0.25, -0.2) is 4.98 Å². The average Bonchev–Trinajstić information content (AvgIpc) is 3.08. The van der Waals surface area contributed by atoms with Gasteiger partial charge in [-0.3, -0.25) is 4.79 Å². The van der Waals surface area contributed by atoms with Gasteiger partial charge in [0.1, 0.15) is 11.9 Å². The van der Waals surface area contributed by atoms with E-state index in [1.54, 1.807) is 6.20 Å². The molecule has 0 saturated carbocycles. The Hall–Kier alpha value is -2.08. The van der Waals surface area contributed by atoms with Crippen molar-refractivity contribution in [1.82, 2.24) is 9.88 Å². The van der Waals surface area contributed by atoms with Crippen LogP contribution in [-0.4, -0.2) is 41.6 Å². The molecule has 0 radical (unpaired) electrons. The fourth-order valence-electron chi connectivity index (χ4n) is 2.81. The highest BCUT2D eigenvalue weighted by molar-refractivity contribution is 9.10. The number of pyridine rings is 1. The smallest absolute Gasteiger partial charge is 0.227 e. The van der Waals surface area contributed by atoms with Crippen LogP contribution >= 0.6 is 15.9 Å². The summed E-state index contributed by atoms with van der Waals surface area (Å²) in [5, 5.41) is 0. The van der Waals surface area contributed by atoms with Gasteiger partial charge in [0, 0.05) is 29.7 Å². The van der Waals surface area contributed by atoms with Crippen molar-refractivity contribution in [2.75, 3.05) is 19.7 Å². The number of amides is 1. The van der Waals surface area contributed by atoms with Crippen molar-refractivity contribution < 1.29 is 14.3 Å². The largest absolute Gasteiger partial charge is 0.494 e. The predicted molar refractivity (Wildman–Crippen MR) is 98.9 cm³/mol. The zero-order valence-electron chi connectivity index (χ0n) is 14.2. The Morgan fingerprint density at radius 3 is 2.76 bits per heavy atom. The lowest BCUT2D eigenvalue weighted by atomic mass is 10.1. The van der Waals surface area contributed by atoms with E-state index in [0.717, 1.165) is 28.8 Å². The van der Waals surface area contributed by atoms with Gasteiger partial charge in [-0.15, -0.1) is 0 Å². The fourth-order valence-corrected chi connectivity index (χ4v) is 3.04. The van der Waals surface area contributed by atoms with Crippen molar-refractivity contribution in [3.05, 3.63) is 52.6 Å². The lowest BCUT2D eigenvalue weighted by molar-refractivity contribution is -0.129. The maximum Gasteiger partial charge on any atom is 0.227 e. The van der Waals surface area contributed by atoms with E-state index in [0.29, 0.717) is 25.5 Å². The molecular formula is C19H21BrN2O3. The number of carbonyl (C=O) groups is 1. The van der Waals surface area contributed by atoms with Crippen LogP contribution in [0.3, 0.4) is 0 Å². The SMILES string of the molecule is CCOc1ccc(CC(=O)N2CCC(Oc3ccc(Br)cn3)C2)cc1. The Labute approximate surface area is 156 Å². The Kier molecular flexibility index (Phi) is 5.91. The molecule has 6 heteroatoms. The Morgan fingerprint density at radius 2 is 2.08 bits per heavy atom. The summed E-state index contributed by atoms with van der Waals surface area (Å²) >= 11 is 3.35. The van der Waals surface area contributed by atoms with E-state index < -0.39 is 0 Å². The summed E-state index contributed by atoms with van der Waals surface area (Å²) in [5.74, 6) is 1.54. The van der Waals surface area contributed by atoms with Crippen molar-refractivity contribution in [1.29, 1.82) is 0 Å². The molecule has 1 amide bonds. The van der Waals surface area contributed by atoms with Crippen molar-refractivity contribution in [3.8, 4) is 11.6 Å². The highest BCUT2D eigenvalue weighted by atomic mass is 79.9. The number of benzene rings is 1. The number of hydrogen-bond acceptors (Lipinski definition) is 4. The van der Waals surface area contributed by atoms with Gasteiger partial charge in [-0.1, -0.05) is 12.1 Å². The highest BCUT2D eigenvalue weighted by Gasteiger charge is 2.27. The van der Waals surface area contributed by atoms with Crippen LogP contribution in [0.4, 0.5) is 0 Å². The summed E-state index contributed by atoms with van der Waals surface area (Å²) in [7, 11) is 0. The van der Waals surface area contributed by atoms with Crippen LogP contribution in [0.15, 0.2) is 47.1 Å². The highest BCUT2D eigenvalue weighted by Crippen LogP contribution is 2.19. The van der Waals surface area contributed by atoms with Crippen LogP contribution in [0.2, 0.25) is 0 Å². The van der Waals surface area contributed by atoms with Gasteiger partial charge in [0.05, 0.1) is 19.6 Å². The lowest BCUT2D eigenvalue weighted by Gasteiger charge is -2.17. The van der Waals surface area contributed by atoms with Crippen molar-refractivity contribution in [2.24, 2.45) is 0 Å². The second kappa shape index (κ2) is 8.34. The first-order valence-corrected chi connectivity index (χ1v) is 9.21. The second-order valence-corrected chi connectivity index (χ2v) is 6.85. The first-order chi connectivity index (χ1) is 12.1. The Balaban J connectivity index is 1.50. The molecule has 1 aliphatic heterocycles. The molecule has 3 rings (SSSR count). The monoisotopic (exact) mass is 404 g/mol. The molecule has 25 heavy (non-hydrogen) atoms. The van der Waals surface area contributed by atoms with Gasteiger partial charge in [-0.05, 0) is 46.6 Å². The van der Waals surface area contributed by atoms with E-state index in [9.17, 15) is 4.79 Å². The summed E-state index contributed by atoms with van der Waals surface area (Å²) in [6.07, 6.45) is 2.93. The fraction of sp³-hybridized carbons (Fsp3) is 0.368. The van der Waals surface area contributed by atoms with Gasteiger partial charge >= 0.3 is 0 Å². The molecule has 1 saturated heterocycles. The Bertz CT molecular complexity index is 704. The van der Waals surface area contributed by atoms with E-state index in [1.165, 1.54) is 0 Å². The summed E-state index contributed by atoms with van der Waals surface area (Å²) in [6.45, 7) is 3.92. The van der Waals surface area contributed by atoms with E-state index >= 15 is 0 Å². The van der Waals surface area contributed by atoms with E-state index in [2.05, 4.69) is 20.9 Å². The van der Waals surface area contributed by atoms with Crippen molar-refractivity contribution >= 4 is 21.8 Å². The maximum atomic E-state index is 12.5. The first kappa shape index (κ1) is 17.7. The zero-order chi connectivity index (χ0) is 17.6. The van der Waals surface area contributed by atoms with Crippen molar-refractivity contribution in [2.45, 2.75) is 25.9 Å². The summed E-state index contributed by atoms with van der Waals surface area (Å²) in [6, 6.07) is 11.4. The minimum Gasteiger partial charge on any atom is -0.494 e. The molecule has 1 aromatic carbocycles. The van der Waals surface area contributed by atoms with Crippen molar-refractivity contribution in [3.63, 3.8) is 0 Å². The molecular weight excluding hydrogens is 384 g/mol. The molecule has 1 fully saturated rings. The number of aromatic nitrogens is 1. The van der Waals surface area contributed by atoms with Gasteiger partial charge in [0.25, 0.3) is 0 Å². The standard InChI is InChI=1S/C19H21BrN2O3/c1-2-24-16-6-3-14(4-7-16)11-19(23)22-10-9-17(13-22)25-18-8-5-15(20)12-21-18/h3-8,12,17H,2,9-11,13H2,1H3. The van der Waals surface area contributed by atoms with Gasteiger partial charge in [0.15, 0.2) is 0 Å². The van der Waals surface area contributed by atoms with Crippen LogP contribution in [0.1, 0.15) is 18.9 Å². The van der Waals surface area contributed by atoms with E-state index in [1.807, 2.05) is 48.2 Å². The molecule has 1 atom stereocenters. The number of halogens is 1. The molecule has 5 nitrogen and oxygen atoms in total. The van der Waals surface area contributed by atoms with Gasteiger partial charge in [-0.2, -0.15) is 0 Å². The number of rotatable bonds is 6.